The molecule has 4 heteroatoms. The van der Waals surface area contributed by atoms with E-state index in [9.17, 15) is 4.79 Å². The topological polar surface area (TPSA) is 55.6 Å². The molecule has 0 aromatic heterocycles. The van der Waals surface area contributed by atoms with Crippen LogP contribution in [0.25, 0.3) is 0 Å². The van der Waals surface area contributed by atoms with Gasteiger partial charge in [-0.2, -0.15) is 5.06 Å². The van der Waals surface area contributed by atoms with Gasteiger partial charge in [-0.15, -0.1) is 0 Å². The molecule has 1 heterocycles. The van der Waals surface area contributed by atoms with Crippen LogP contribution in [0.4, 0.5) is 0 Å². The van der Waals surface area contributed by atoms with Gasteiger partial charge in [0, 0.05) is 12.6 Å². The Morgan fingerprint density at radius 1 is 1.32 bits per heavy atom. The molecule has 108 valence electrons. The van der Waals surface area contributed by atoms with Gasteiger partial charge in [-0.3, -0.25) is 9.63 Å². The van der Waals surface area contributed by atoms with Gasteiger partial charge in [-0.25, -0.2) is 0 Å². The number of allylic oxidation sites excluding steroid dienone is 2. The van der Waals surface area contributed by atoms with Gasteiger partial charge in [-0.1, -0.05) is 19.1 Å². The summed E-state index contributed by atoms with van der Waals surface area (Å²) in [7, 11) is 0. The molecule has 0 saturated carbocycles. The molecule has 1 saturated heterocycles. The van der Waals surface area contributed by atoms with Crippen LogP contribution in [0.15, 0.2) is 12.2 Å². The molecule has 0 aromatic rings. The Balaban J connectivity index is 1.95. The number of rotatable bonds is 4. The van der Waals surface area contributed by atoms with Crippen LogP contribution in [0.3, 0.4) is 0 Å². The van der Waals surface area contributed by atoms with Crippen molar-refractivity contribution in [2.45, 2.75) is 64.0 Å². The Morgan fingerprint density at radius 3 is 2.58 bits per heavy atom. The average molecular weight is 266 g/mol. The summed E-state index contributed by atoms with van der Waals surface area (Å²) in [5.74, 6) is -0.231. The van der Waals surface area contributed by atoms with Gasteiger partial charge in [0.2, 0.25) is 5.91 Å². The van der Waals surface area contributed by atoms with Crippen molar-refractivity contribution in [1.82, 2.24) is 5.06 Å². The zero-order valence-electron chi connectivity index (χ0n) is 11.9. The molecular weight excluding hydrogens is 240 g/mol. The van der Waals surface area contributed by atoms with Crippen LogP contribution in [0.1, 0.15) is 51.9 Å². The van der Waals surface area contributed by atoms with Crippen molar-refractivity contribution in [3.05, 3.63) is 12.2 Å². The number of carbonyl (C=O) groups is 1. The molecule has 2 atom stereocenters. The first-order valence-electron chi connectivity index (χ1n) is 7.60. The second kappa shape index (κ2) is 7.06. The van der Waals surface area contributed by atoms with Crippen molar-refractivity contribution in [3.8, 4) is 0 Å². The number of nitrogens with zero attached hydrogens (tertiary/aromatic N) is 1. The molecule has 1 fully saturated rings. The number of carbonyl (C=O) groups excluding carboxylic acids is 1. The third-order valence-electron chi connectivity index (χ3n) is 4.27. The zero-order chi connectivity index (χ0) is 13.7. The standard InChI is InChI=1S/C15H26N2O2/c1-2-14-13(15(16)18)10-7-11-17(14)19-12-8-5-3-4-6-9-12/h3-4,12-14H,2,5-11H2,1H3,(H2,16,18). The van der Waals surface area contributed by atoms with Crippen molar-refractivity contribution in [2.24, 2.45) is 11.7 Å². The number of nitrogens with two attached hydrogens (primary N) is 1. The third-order valence-corrected chi connectivity index (χ3v) is 4.27. The molecule has 0 radical (unpaired) electrons. The minimum absolute atomic E-state index is 0.0531. The largest absolute Gasteiger partial charge is 0.369 e. The Bertz CT molecular complexity index is 320. The fourth-order valence-corrected chi connectivity index (χ4v) is 3.22. The maximum atomic E-state index is 11.5. The van der Waals surface area contributed by atoms with E-state index >= 15 is 0 Å². The van der Waals surface area contributed by atoms with Crippen LogP contribution >= 0.6 is 0 Å². The highest BCUT2D eigenvalue weighted by atomic mass is 16.7. The molecule has 0 spiro atoms. The van der Waals surface area contributed by atoms with Gasteiger partial charge in [0.05, 0.1) is 12.0 Å². The Kier molecular flexibility index (Phi) is 5.40. The highest BCUT2D eigenvalue weighted by Crippen LogP contribution is 2.28. The molecular formula is C15H26N2O2. The second-order valence-corrected chi connectivity index (χ2v) is 5.62. The summed E-state index contributed by atoms with van der Waals surface area (Å²) in [5, 5.41) is 2.05. The SMILES string of the molecule is CCC1C(C(N)=O)CCCN1OC1CCC=CCC1. The van der Waals surface area contributed by atoms with E-state index in [4.69, 9.17) is 10.6 Å². The first kappa shape index (κ1) is 14.5. The molecule has 0 aromatic carbocycles. The van der Waals surface area contributed by atoms with Crippen LogP contribution in [0.2, 0.25) is 0 Å². The number of amides is 1. The normalized spacial score (nSPS) is 30.2. The average Bonchev–Trinajstić information content (AvgIpc) is 2.67. The smallest absolute Gasteiger partial charge is 0.222 e. The predicted molar refractivity (Wildman–Crippen MR) is 75.2 cm³/mol. The van der Waals surface area contributed by atoms with E-state index < -0.39 is 0 Å². The number of primary amides is 1. The quantitative estimate of drug-likeness (QED) is 0.795. The molecule has 2 aliphatic rings. The van der Waals surface area contributed by atoms with Gasteiger partial charge in [0.15, 0.2) is 0 Å². The van der Waals surface area contributed by atoms with E-state index in [0.717, 1.165) is 51.5 Å². The van der Waals surface area contributed by atoms with Crippen LogP contribution in [0, 0.1) is 5.92 Å². The molecule has 2 rings (SSSR count). The summed E-state index contributed by atoms with van der Waals surface area (Å²) in [4.78, 5) is 17.7. The summed E-state index contributed by atoms with van der Waals surface area (Å²) in [6, 6.07) is 0.155. The van der Waals surface area contributed by atoms with Crippen LogP contribution in [-0.4, -0.2) is 29.7 Å². The summed E-state index contributed by atoms with van der Waals surface area (Å²) in [6.07, 6.45) is 11.9. The van der Waals surface area contributed by atoms with Crippen molar-refractivity contribution in [3.63, 3.8) is 0 Å². The number of hydrogen-bond donors (Lipinski definition) is 1. The minimum Gasteiger partial charge on any atom is -0.369 e. The fraction of sp³-hybridized carbons (Fsp3) is 0.800. The molecule has 1 aliphatic carbocycles. The van der Waals surface area contributed by atoms with E-state index in [1.165, 1.54) is 0 Å². The van der Waals surface area contributed by atoms with E-state index in [2.05, 4.69) is 24.1 Å². The molecule has 1 aliphatic heterocycles. The van der Waals surface area contributed by atoms with Crippen molar-refractivity contribution in [1.29, 1.82) is 0 Å². The lowest BCUT2D eigenvalue weighted by Crippen LogP contribution is -2.50. The predicted octanol–water partition coefficient (Wildman–Crippen LogP) is 2.39. The highest BCUT2D eigenvalue weighted by Gasteiger charge is 2.35. The Labute approximate surface area is 115 Å². The maximum absolute atomic E-state index is 11.5. The van der Waals surface area contributed by atoms with Gasteiger partial charge in [0.25, 0.3) is 0 Å². The summed E-state index contributed by atoms with van der Waals surface area (Å²) < 4.78 is 0. The lowest BCUT2D eigenvalue weighted by molar-refractivity contribution is -0.242. The number of piperidine rings is 1. The lowest BCUT2D eigenvalue weighted by Gasteiger charge is -2.40. The maximum Gasteiger partial charge on any atom is 0.222 e. The monoisotopic (exact) mass is 266 g/mol. The summed E-state index contributed by atoms with van der Waals surface area (Å²) in [5.41, 5.74) is 5.52. The van der Waals surface area contributed by atoms with Crippen LogP contribution < -0.4 is 5.73 Å². The van der Waals surface area contributed by atoms with E-state index in [1.54, 1.807) is 0 Å². The van der Waals surface area contributed by atoms with Crippen LogP contribution in [-0.2, 0) is 9.63 Å². The van der Waals surface area contributed by atoms with E-state index in [-0.39, 0.29) is 24.0 Å². The Morgan fingerprint density at radius 2 is 2.00 bits per heavy atom. The van der Waals surface area contributed by atoms with Gasteiger partial charge in [0.1, 0.15) is 0 Å². The highest BCUT2D eigenvalue weighted by molar-refractivity contribution is 5.77. The molecule has 2 unspecified atom stereocenters. The van der Waals surface area contributed by atoms with Gasteiger partial charge >= 0.3 is 0 Å². The molecule has 1 amide bonds. The molecule has 2 N–H and O–H groups in total. The molecule has 4 nitrogen and oxygen atoms in total. The summed E-state index contributed by atoms with van der Waals surface area (Å²) >= 11 is 0. The number of hydrogen-bond acceptors (Lipinski definition) is 3. The first-order chi connectivity index (χ1) is 9.22. The minimum atomic E-state index is -0.178. The van der Waals surface area contributed by atoms with Crippen molar-refractivity contribution < 1.29 is 9.63 Å². The third kappa shape index (κ3) is 3.80. The molecule has 0 bridgehead atoms. The van der Waals surface area contributed by atoms with Crippen LogP contribution in [0.5, 0.6) is 0 Å². The first-order valence-corrected chi connectivity index (χ1v) is 7.60. The van der Waals surface area contributed by atoms with Crippen molar-refractivity contribution >= 4 is 5.91 Å². The second-order valence-electron chi connectivity index (χ2n) is 5.62. The van der Waals surface area contributed by atoms with Gasteiger partial charge in [-0.05, 0) is 44.9 Å². The lowest BCUT2D eigenvalue weighted by atomic mass is 9.88. The Hall–Kier alpha value is -0.870. The molecule has 19 heavy (non-hydrogen) atoms. The fourth-order valence-electron chi connectivity index (χ4n) is 3.22. The van der Waals surface area contributed by atoms with Gasteiger partial charge < -0.3 is 5.73 Å². The van der Waals surface area contributed by atoms with E-state index in [1.807, 2.05) is 0 Å². The van der Waals surface area contributed by atoms with Crippen molar-refractivity contribution in [2.75, 3.05) is 6.54 Å². The summed E-state index contributed by atoms with van der Waals surface area (Å²) in [6.45, 7) is 3.03. The zero-order valence-corrected chi connectivity index (χ0v) is 11.9. The van der Waals surface area contributed by atoms with E-state index in [0.29, 0.717) is 0 Å². The number of hydroxylamine groups is 2.